The Hall–Kier alpha value is -2.97. The summed E-state index contributed by atoms with van der Waals surface area (Å²) in [6.45, 7) is 0.266. The van der Waals surface area contributed by atoms with Crippen molar-refractivity contribution in [2.24, 2.45) is 0 Å². The minimum Gasteiger partial charge on any atom is -0.349 e. The summed E-state index contributed by atoms with van der Waals surface area (Å²) in [6, 6.07) is 3.78. The average Bonchev–Trinajstić information content (AvgIpc) is 2.66. The van der Waals surface area contributed by atoms with Gasteiger partial charge >= 0.3 is 0 Å². The number of hydrogen-bond donors (Lipinski definition) is 1. The number of nitrogens with one attached hydrogen (secondary N) is 1. The molecule has 0 aliphatic carbocycles. The first kappa shape index (κ1) is 19.8. The molecule has 1 aliphatic heterocycles. The summed E-state index contributed by atoms with van der Waals surface area (Å²) in [5.41, 5.74) is -0.876. The van der Waals surface area contributed by atoms with Gasteiger partial charge in [-0.3, -0.25) is 9.59 Å². The number of nitrogens with zero attached hydrogens (tertiary/aromatic N) is 1. The first-order valence-electron chi connectivity index (χ1n) is 8.46. The molecule has 0 unspecified atom stereocenters. The van der Waals surface area contributed by atoms with Crippen LogP contribution in [-0.2, 0) is 0 Å². The molecule has 28 heavy (non-hydrogen) atoms. The summed E-state index contributed by atoms with van der Waals surface area (Å²) in [7, 11) is 0. The molecule has 0 spiro atoms. The topological polar surface area (TPSA) is 49.4 Å². The Morgan fingerprint density at radius 2 is 1.50 bits per heavy atom. The van der Waals surface area contributed by atoms with E-state index in [-0.39, 0.29) is 24.7 Å². The van der Waals surface area contributed by atoms with Crippen LogP contribution in [0, 0.1) is 29.1 Å². The van der Waals surface area contributed by atoms with Gasteiger partial charge in [0.05, 0.1) is 11.1 Å². The Balaban J connectivity index is 1.61. The van der Waals surface area contributed by atoms with Gasteiger partial charge in [0.15, 0.2) is 17.5 Å². The van der Waals surface area contributed by atoms with Crippen molar-refractivity contribution in [2.75, 3.05) is 13.1 Å². The Bertz CT molecular complexity index is 927. The van der Waals surface area contributed by atoms with Gasteiger partial charge in [-0.15, -0.1) is 0 Å². The van der Waals surface area contributed by atoms with Gasteiger partial charge < -0.3 is 10.2 Å². The van der Waals surface area contributed by atoms with Crippen LogP contribution in [0.4, 0.5) is 22.0 Å². The summed E-state index contributed by atoms with van der Waals surface area (Å²) in [4.78, 5) is 25.7. The molecule has 1 heterocycles. The third kappa shape index (κ3) is 3.97. The standard InChI is InChI=1S/C19H15F5N2O2/c20-10-1-2-12(15(22)9-10)18(27)25-11-5-7-26(8-6-11)19(28)13-3-4-14(21)17(24)16(13)23/h1-4,9,11H,5-8H2,(H,25,27). The predicted molar refractivity (Wildman–Crippen MR) is 89.1 cm³/mol. The summed E-state index contributed by atoms with van der Waals surface area (Å²) < 4.78 is 66.7. The number of halogens is 5. The lowest BCUT2D eigenvalue weighted by atomic mass is 10.0. The van der Waals surface area contributed by atoms with E-state index in [2.05, 4.69) is 5.32 Å². The van der Waals surface area contributed by atoms with Crippen molar-refractivity contribution < 1.29 is 31.5 Å². The van der Waals surface area contributed by atoms with Crippen LogP contribution in [0.15, 0.2) is 30.3 Å². The molecule has 0 aromatic heterocycles. The molecular formula is C19H15F5N2O2. The highest BCUT2D eigenvalue weighted by Gasteiger charge is 2.28. The monoisotopic (exact) mass is 398 g/mol. The van der Waals surface area contributed by atoms with Crippen LogP contribution in [0.25, 0.3) is 0 Å². The third-order valence-corrected chi connectivity index (χ3v) is 4.56. The van der Waals surface area contributed by atoms with Crippen LogP contribution in [0.1, 0.15) is 33.6 Å². The molecule has 3 rings (SSSR count). The highest BCUT2D eigenvalue weighted by Crippen LogP contribution is 2.20. The van der Waals surface area contributed by atoms with E-state index in [1.165, 1.54) is 4.90 Å². The van der Waals surface area contributed by atoms with Gasteiger partial charge in [0.1, 0.15) is 11.6 Å². The van der Waals surface area contributed by atoms with E-state index in [1.807, 2.05) is 0 Å². The molecule has 0 radical (unpaired) electrons. The van der Waals surface area contributed by atoms with Crippen molar-refractivity contribution in [1.29, 1.82) is 0 Å². The molecule has 4 nitrogen and oxygen atoms in total. The summed E-state index contributed by atoms with van der Waals surface area (Å²) in [5, 5.41) is 2.60. The zero-order valence-electron chi connectivity index (χ0n) is 14.4. The van der Waals surface area contributed by atoms with Gasteiger partial charge in [0.25, 0.3) is 11.8 Å². The largest absolute Gasteiger partial charge is 0.349 e. The number of piperidine rings is 1. The van der Waals surface area contributed by atoms with Crippen LogP contribution in [0.2, 0.25) is 0 Å². The van der Waals surface area contributed by atoms with E-state index >= 15 is 0 Å². The van der Waals surface area contributed by atoms with Gasteiger partial charge in [-0.25, -0.2) is 22.0 Å². The minimum atomic E-state index is -1.71. The lowest BCUT2D eigenvalue weighted by Crippen LogP contribution is -2.46. The Kier molecular flexibility index (Phi) is 5.62. The van der Waals surface area contributed by atoms with Crippen molar-refractivity contribution in [1.82, 2.24) is 10.2 Å². The van der Waals surface area contributed by atoms with Gasteiger partial charge in [-0.05, 0) is 37.1 Å². The van der Waals surface area contributed by atoms with Gasteiger partial charge in [0.2, 0.25) is 0 Å². The third-order valence-electron chi connectivity index (χ3n) is 4.56. The number of likely N-dealkylation sites (tertiary alicyclic amines) is 1. The predicted octanol–water partition coefficient (Wildman–Crippen LogP) is 3.42. The zero-order chi connectivity index (χ0) is 20.4. The smallest absolute Gasteiger partial charge is 0.256 e. The molecule has 1 fully saturated rings. The van der Waals surface area contributed by atoms with Crippen molar-refractivity contribution >= 4 is 11.8 Å². The Labute approximate surface area is 156 Å². The SMILES string of the molecule is O=C(NC1CCN(C(=O)c2ccc(F)c(F)c2F)CC1)c1ccc(F)cc1F. The number of carbonyl (C=O) groups excluding carboxylic acids is 2. The maximum absolute atomic E-state index is 13.8. The summed E-state index contributed by atoms with van der Waals surface area (Å²) in [6.07, 6.45) is 0.594. The fourth-order valence-corrected chi connectivity index (χ4v) is 3.03. The lowest BCUT2D eigenvalue weighted by molar-refractivity contribution is 0.0692. The van der Waals surface area contributed by atoms with Crippen molar-refractivity contribution in [2.45, 2.75) is 18.9 Å². The van der Waals surface area contributed by atoms with E-state index in [4.69, 9.17) is 0 Å². The molecule has 0 bridgehead atoms. The molecule has 0 atom stereocenters. The molecule has 2 amide bonds. The van der Waals surface area contributed by atoms with E-state index in [0.29, 0.717) is 25.0 Å². The fourth-order valence-electron chi connectivity index (χ4n) is 3.03. The van der Waals surface area contributed by atoms with Crippen molar-refractivity contribution in [3.8, 4) is 0 Å². The molecule has 2 aromatic rings. The minimum absolute atomic E-state index is 0.133. The van der Waals surface area contributed by atoms with Crippen LogP contribution in [0.5, 0.6) is 0 Å². The molecular weight excluding hydrogens is 383 g/mol. The normalized spacial score (nSPS) is 14.8. The average molecular weight is 398 g/mol. The quantitative estimate of drug-likeness (QED) is 0.636. The van der Waals surface area contributed by atoms with Crippen LogP contribution >= 0.6 is 0 Å². The van der Waals surface area contributed by atoms with Crippen molar-refractivity contribution in [3.05, 3.63) is 70.5 Å². The number of hydrogen-bond acceptors (Lipinski definition) is 2. The van der Waals surface area contributed by atoms with Gasteiger partial charge in [-0.2, -0.15) is 0 Å². The maximum atomic E-state index is 13.8. The number of rotatable bonds is 3. The second-order valence-electron chi connectivity index (χ2n) is 6.39. The second-order valence-corrected chi connectivity index (χ2v) is 6.39. The van der Waals surface area contributed by atoms with E-state index in [0.717, 1.165) is 18.2 Å². The van der Waals surface area contributed by atoms with Crippen LogP contribution in [-0.4, -0.2) is 35.8 Å². The molecule has 1 saturated heterocycles. The summed E-state index contributed by atoms with van der Waals surface area (Å²) >= 11 is 0. The lowest BCUT2D eigenvalue weighted by Gasteiger charge is -2.32. The van der Waals surface area contributed by atoms with E-state index in [9.17, 15) is 31.5 Å². The molecule has 0 saturated carbocycles. The first-order valence-corrected chi connectivity index (χ1v) is 8.46. The van der Waals surface area contributed by atoms with Crippen LogP contribution in [0.3, 0.4) is 0 Å². The summed E-state index contributed by atoms with van der Waals surface area (Å²) in [5.74, 6) is -7.94. The number of benzene rings is 2. The number of amides is 2. The Morgan fingerprint density at radius 3 is 2.14 bits per heavy atom. The molecule has 9 heteroatoms. The van der Waals surface area contributed by atoms with Gasteiger partial charge in [0, 0.05) is 25.2 Å². The first-order chi connectivity index (χ1) is 13.3. The van der Waals surface area contributed by atoms with E-state index in [1.54, 1.807) is 0 Å². The second kappa shape index (κ2) is 7.95. The maximum Gasteiger partial charge on any atom is 0.256 e. The Morgan fingerprint density at radius 1 is 0.857 bits per heavy atom. The van der Waals surface area contributed by atoms with Gasteiger partial charge in [-0.1, -0.05) is 0 Å². The highest BCUT2D eigenvalue weighted by molar-refractivity contribution is 5.95. The van der Waals surface area contributed by atoms with Crippen LogP contribution < -0.4 is 5.32 Å². The zero-order valence-corrected chi connectivity index (χ0v) is 14.4. The molecule has 2 aromatic carbocycles. The molecule has 148 valence electrons. The highest BCUT2D eigenvalue weighted by atomic mass is 19.2. The molecule has 1 N–H and O–H groups in total. The van der Waals surface area contributed by atoms with Crippen molar-refractivity contribution in [3.63, 3.8) is 0 Å². The number of carbonyl (C=O) groups is 2. The molecule has 1 aliphatic rings. The fraction of sp³-hybridized carbons (Fsp3) is 0.263. The van der Waals surface area contributed by atoms with E-state index < -0.39 is 46.5 Å².